The van der Waals surface area contributed by atoms with Crippen molar-refractivity contribution >= 4 is 5.69 Å². The molecular formula is C16H20N4O. The highest BCUT2D eigenvalue weighted by atomic mass is 16.1. The van der Waals surface area contributed by atoms with Gasteiger partial charge in [0, 0.05) is 43.8 Å². The number of piperidine rings is 1. The van der Waals surface area contributed by atoms with E-state index >= 15 is 0 Å². The monoisotopic (exact) mass is 284 g/mol. The van der Waals surface area contributed by atoms with Gasteiger partial charge in [0.05, 0.1) is 5.69 Å². The van der Waals surface area contributed by atoms with Crippen molar-refractivity contribution in [2.75, 3.05) is 18.0 Å². The summed E-state index contributed by atoms with van der Waals surface area (Å²) in [6.45, 7) is 4.69. The quantitative estimate of drug-likeness (QED) is 0.863. The molecule has 2 aromatic heterocycles. The summed E-state index contributed by atoms with van der Waals surface area (Å²) in [4.78, 5) is 18.2. The van der Waals surface area contributed by atoms with E-state index in [1.807, 2.05) is 31.5 Å². The summed E-state index contributed by atoms with van der Waals surface area (Å²) in [6, 6.07) is 7.47. The summed E-state index contributed by atoms with van der Waals surface area (Å²) in [5.74, 6) is 0.523. The number of hydrogen-bond donors (Lipinski definition) is 0. The van der Waals surface area contributed by atoms with Crippen molar-refractivity contribution in [1.29, 1.82) is 0 Å². The average molecular weight is 284 g/mol. The first-order valence-corrected chi connectivity index (χ1v) is 7.42. The summed E-state index contributed by atoms with van der Waals surface area (Å²) in [6.07, 6.45) is 5.84. The summed E-state index contributed by atoms with van der Waals surface area (Å²) in [5.41, 5.74) is 2.12. The Labute approximate surface area is 124 Å². The molecule has 0 amide bonds. The molecule has 2 aromatic rings. The standard InChI is InChI=1S/C16H20N4O/c1-13-2-3-16(21)20(18-13)12-14-6-10-19(11-7-14)15-4-8-17-9-5-15/h2-5,8-9,14H,6-7,10-12H2,1H3. The minimum Gasteiger partial charge on any atom is -0.371 e. The van der Waals surface area contributed by atoms with E-state index in [1.54, 1.807) is 16.8 Å². The third-order valence-corrected chi connectivity index (χ3v) is 4.07. The second-order valence-corrected chi connectivity index (χ2v) is 5.63. The van der Waals surface area contributed by atoms with Crippen LogP contribution < -0.4 is 10.5 Å². The maximum atomic E-state index is 11.8. The van der Waals surface area contributed by atoms with Gasteiger partial charge in [0.1, 0.15) is 0 Å². The Morgan fingerprint density at radius 1 is 1.14 bits per heavy atom. The van der Waals surface area contributed by atoms with Gasteiger partial charge in [-0.2, -0.15) is 5.10 Å². The fourth-order valence-corrected chi connectivity index (χ4v) is 2.85. The van der Waals surface area contributed by atoms with Crippen molar-refractivity contribution in [3.05, 3.63) is 52.7 Å². The Morgan fingerprint density at radius 2 is 1.86 bits per heavy atom. The first-order valence-electron chi connectivity index (χ1n) is 7.42. The third kappa shape index (κ3) is 3.29. The maximum Gasteiger partial charge on any atom is 0.266 e. The van der Waals surface area contributed by atoms with Crippen molar-refractivity contribution < 1.29 is 0 Å². The molecule has 1 aliphatic rings. The lowest BCUT2D eigenvalue weighted by atomic mass is 9.96. The van der Waals surface area contributed by atoms with Gasteiger partial charge in [0.2, 0.25) is 0 Å². The Kier molecular flexibility index (Phi) is 3.99. The van der Waals surface area contributed by atoms with Gasteiger partial charge in [-0.15, -0.1) is 0 Å². The number of hydrogen-bond acceptors (Lipinski definition) is 4. The molecule has 5 heteroatoms. The highest BCUT2D eigenvalue weighted by Gasteiger charge is 2.20. The van der Waals surface area contributed by atoms with Crippen LogP contribution in [0.5, 0.6) is 0 Å². The van der Waals surface area contributed by atoms with Crippen LogP contribution in [-0.4, -0.2) is 27.9 Å². The van der Waals surface area contributed by atoms with Crippen LogP contribution in [0.25, 0.3) is 0 Å². The lowest BCUT2D eigenvalue weighted by Crippen LogP contribution is -2.36. The van der Waals surface area contributed by atoms with Crippen LogP contribution in [0, 0.1) is 12.8 Å². The summed E-state index contributed by atoms with van der Waals surface area (Å²) < 4.78 is 1.61. The molecular weight excluding hydrogens is 264 g/mol. The largest absolute Gasteiger partial charge is 0.371 e. The van der Waals surface area contributed by atoms with Crippen molar-refractivity contribution in [2.24, 2.45) is 5.92 Å². The molecule has 0 aliphatic carbocycles. The number of aromatic nitrogens is 3. The van der Waals surface area contributed by atoms with Crippen molar-refractivity contribution in [3.8, 4) is 0 Å². The number of nitrogens with zero attached hydrogens (tertiary/aromatic N) is 4. The molecule has 0 N–H and O–H groups in total. The van der Waals surface area contributed by atoms with Crippen molar-refractivity contribution in [2.45, 2.75) is 26.3 Å². The molecule has 1 saturated heterocycles. The normalized spacial score (nSPS) is 16.1. The van der Waals surface area contributed by atoms with E-state index in [-0.39, 0.29) is 5.56 Å². The van der Waals surface area contributed by atoms with Gasteiger partial charge in [0.25, 0.3) is 5.56 Å². The smallest absolute Gasteiger partial charge is 0.266 e. The Morgan fingerprint density at radius 3 is 2.57 bits per heavy atom. The number of pyridine rings is 1. The lowest BCUT2D eigenvalue weighted by molar-refractivity contribution is 0.334. The number of anilines is 1. The van der Waals surface area contributed by atoms with Gasteiger partial charge in [-0.1, -0.05) is 0 Å². The zero-order valence-electron chi connectivity index (χ0n) is 12.3. The molecule has 3 heterocycles. The molecule has 21 heavy (non-hydrogen) atoms. The van der Waals surface area contributed by atoms with Crippen LogP contribution in [0.2, 0.25) is 0 Å². The second kappa shape index (κ2) is 6.08. The van der Waals surface area contributed by atoms with E-state index in [4.69, 9.17) is 0 Å². The van der Waals surface area contributed by atoms with E-state index < -0.39 is 0 Å². The van der Waals surface area contributed by atoms with Gasteiger partial charge in [-0.05, 0) is 43.9 Å². The van der Waals surface area contributed by atoms with Gasteiger partial charge < -0.3 is 4.90 Å². The molecule has 0 saturated carbocycles. The van der Waals surface area contributed by atoms with Crippen molar-refractivity contribution in [3.63, 3.8) is 0 Å². The van der Waals surface area contributed by atoms with E-state index in [2.05, 4.69) is 15.0 Å². The van der Waals surface area contributed by atoms with Gasteiger partial charge in [-0.25, -0.2) is 4.68 Å². The molecule has 3 rings (SSSR count). The third-order valence-electron chi connectivity index (χ3n) is 4.07. The van der Waals surface area contributed by atoms with Crippen molar-refractivity contribution in [1.82, 2.24) is 14.8 Å². The zero-order valence-corrected chi connectivity index (χ0v) is 12.3. The zero-order chi connectivity index (χ0) is 14.7. The van der Waals surface area contributed by atoms with E-state index in [1.165, 1.54) is 5.69 Å². The van der Waals surface area contributed by atoms with Gasteiger partial charge in [-0.3, -0.25) is 9.78 Å². The van der Waals surface area contributed by atoms with Gasteiger partial charge >= 0.3 is 0 Å². The Balaban J connectivity index is 1.61. The van der Waals surface area contributed by atoms with E-state index in [9.17, 15) is 4.79 Å². The average Bonchev–Trinajstić information content (AvgIpc) is 2.53. The van der Waals surface area contributed by atoms with Crippen LogP contribution in [0.3, 0.4) is 0 Å². The highest BCUT2D eigenvalue weighted by molar-refractivity contribution is 5.44. The van der Waals surface area contributed by atoms with E-state index in [0.717, 1.165) is 38.2 Å². The first kappa shape index (κ1) is 13.8. The predicted octanol–water partition coefficient (Wildman–Crippen LogP) is 1.86. The number of rotatable bonds is 3. The lowest BCUT2D eigenvalue weighted by Gasteiger charge is -2.33. The number of aryl methyl sites for hydroxylation is 1. The van der Waals surface area contributed by atoms with E-state index in [0.29, 0.717) is 5.92 Å². The van der Waals surface area contributed by atoms with Crippen LogP contribution >= 0.6 is 0 Å². The maximum absolute atomic E-state index is 11.8. The highest BCUT2D eigenvalue weighted by Crippen LogP contribution is 2.23. The minimum atomic E-state index is -0.00263. The first-order chi connectivity index (χ1) is 10.2. The molecule has 0 atom stereocenters. The fourth-order valence-electron chi connectivity index (χ4n) is 2.85. The minimum absolute atomic E-state index is 0.00263. The van der Waals surface area contributed by atoms with Crippen LogP contribution in [-0.2, 0) is 6.54 Å². The Bertz CT molecular complexity index is 645. The molecule has 0 unspecified atom stereocenters. The summed E-state index contributed by atoms with van der Waals surface area (Å²) >= 11 is 0. The molecule has 1 aliphatic heterocycles. The Hall–Kier alpha value is -2.17. The molecule has 0 radical (unpaired) electrons. The van der Waals surface area contributed by atoms with Gasteiger partial charge in [0.15, 0.2) is 0 Å². The molecule has 0 bridgehead atoms. The van der Waals surface area contributed by atoms with Crippen LogP contribution in [0.15, 0.2) is 41.5 Å². The molecule has 0 aromatic carbocycles. The molecule has 5 nitrogen and oxygen atoms in total. The fraction of sp³-hybridized carbons (Fsp3) is 0.438. The summed E-state index contributed by atoms with van der Waals surface area (Å²) in [7, 11) is 0. The second-order valence-electron chi connectivity index (χ2n) is 5.63. The van der Waals surface area contributed by atoms with Crippen LogP contribution in [0.1, 0.15) is 18.5 Å². The summed E-state index contributed by atoms with van der Waals surface area (Å²) in [5, 5.41) is 4.33. The SMILES string of the molecule is Cc1ccc(=O)n(CC2CCN(c3ccncc3)CC2)n1. The molecule has 1 fully saturated rings. The predicted molar refractivity (Wildman–Crippen MR) is 82.4 cm³/mol. The van der Waals surface area contributed by atoms with Crippen LogP contribution in [0.4, 0.5) is 5.69 Å². The molecule has 110 valence electrons. The molecule has 0 spiro atoms. The topological polar surface area (TPSA) is 51.0 Å².